The van der Waals surface area contributed by atoms with Crippen molar-refractivity contribution >= 4 is 43.7 Å². The van der Waals surface area contributed by atoms with Gasteiger partial charge in [-0.05, 0) is 24.3 Å². The Morgan fingerprint density at radius 2 is 1.22 bits per heavy atom. The van der Waals surface area contributed by atoms with Crippen LogP contribution in [-0.4, -0.2) is 4.57 Å². The van der Waals surface area contributed by atoms with Crippen molar-refractivity contribution in [2.75, 3.05) is 0 Å². The van der Waals surface area contributed by atoms with E-state index in [0.29, 0.717) is 5.58 Å². The molecule has 0 fully saturated rings. The van der Waals surface area contributed by atoms with E-state index in [4.69, 9.17) is 4.42 Å². The maximum atomic E-state index is 14.5. The van der Waals surface area contributed by atoms with Crippen molar-refractivity contribution < 1.29 is 8.81 Å². The molecule has 0 N–H and O–H groups in total. The third-order valence-corrected chi connectivity index (χ3v) is 5.24. The number of nitrogens with zero attached hydrogens (tertiary/aromatic N) is 1. The largest absolute Gasteiger partial charge is 0.456 e. The Bertz CT molecular complexity index is 1440. The van der Waals surface area contributed by atoms with Crippen LogP contribution >= 0.6 is 0 Å². The van der Waals surface area contributed by atoms with Gasteiger partial charge in [0.15, 0.2) is 0 Å². The third-order valence-electron chi connectivity index (χ3n) is 5.24. The van der Waals surface area contributed by atoms with Crippen LogP contribution in [0.3, 0.4) is 0 Å². The molecule has 0 radical (unpaired) electrons. The molecule has 0 aliphatic carbocycles. The van der Waals surface area contributed by atoms with E-state index in [1.165, 1.54) is 6.07 Å². The second-order valence-electron chi connectivity index (χ2n) is 6.77. The minimum atomic E-state index is -0.307. The molecule has 0 aliphatic rings. The molecular formula is C24H14FNO. The predicted octanol–water partition coefficient (Wildman–Crippen LogP) is 6.82. The fourth-order valence-corrected chi connectivity index (χ4v) is 4.16. The Balaban J connectivity index is 1.89. The molecule has 2 nitrogen and oxygen atoms in total. The summed E-state index contributed by atoms with van der Waals surface area (Å²) in [6.45, 7) is 0. The first-order valence-electron chi connectivity index (χ1n) is 8.90. The van der Waals surface area contributed by atoms with E-state index in [9.17, 15) is 4.39 Å². The third kappa shape index (κ3) is 1.94. The molecule has 0 spiro atoms. The lowest BCUT2D eigenvalue weighted by Gasteiger charge is -2.10. The highest BCUT2D eigenvalue weighted by atomic mass is 19.1. The van der Waals surface area contributed by atoms with Crippen molar-refractivity contribution in [2.24, 2.45) is 0 Å². The summed E-state index contributed by atoms with van der Waals surface area (Å²) in [5, 5.41) is 4.22. The van der Waals surface area contributed by atoms with Crippen LogP contribution in [0.1, 0.15) is 0 Å². The Morgan fingerprint density at radius 3 is 1.93 bits per heavy atom. The zero-order valence-corrected chi connectivity index (χ0v) is 14.3. The highest BCUT2D eigenvalue weighted by Gasteiger charge is 2.18. The van der Waals surface area contributed by atoms with Gasteiger partial charge in [-0.2, -0.15) is 0 Å². The zero-order chi connectivity index (χ0) is 18.0. The van der Waals surface area contributed by atoms with E-state index >= 15 is 0 Å². The number of hydrogen-bond acceptors (Lipinski definition) is 1. The van der Waals surface area contributed by atoms with Crippen LogP contribution < -0.4 is 0 Å². The smallest absolute Gasteiger partial charge is 0.140 e. The first kappa shape index (κ1) is 14.6. The molecule has 0 unspecified atom stereocenters. The van der Waals surface area contributed by atoms with Gasteiger partial charge in [0.1, 0.15) is 17.0 Å². The van der Waals surface area contributed by atoms with Gasteiger partial charge in [0.25, 0.3) is 0 Å². The first-order chi connectivity index (χ1) is 13.3. The van der Waals surface area contributed by atoms with Gasteiger partial charge < -0.3 is 8.98 Å². The van der Waals surface area contributed by atoms with Gasteiger partial charge >= 0.3 is 0 Å². The van der Waals surface area contributed by atoms with Gasteiger partial charge in [0.2, 0.25) is 0 Å². The molecule has 0 aliphatic heterocycles. The summed E-state index contributed by atoms with van der Waals surface area (Å²) in [7, 11) is 0. The lowest BCUT2D eigenvalue weighted by molar-refractivity contribution is 0.617. The molecular weight excluding hydrogens is 337 g/mol. The summed E-state index contributed by atoms with van der Waals surface area (Å²) in [6.07, 6.45) is 0. The highest BCUT2D eigenvalue weighted by molar-refractivity contribution is 6.14. The Kier molecular flexibility index (Phi) is 2.81. The molecule has 0 bridgehead atoms. The number of halogens is 1. The number of furan rings is 1. The second kappa shape index (κ2) is 5.21. The summed E-state index contributed by atoms with van der Waals surface area (Å²) < 4.78 is 22.6. The summed E-state index contributed by atoms with van der Waals surface area (Å²) in [6, 6.07) is 27.4. The Morgan fingerprint density at radius 1 is 0.630 bits per heavy atom. The molecule has 3 heteroatoms. The second-order valence-corrected chi connectivity index (χ2v) is 6.77. The molecule has 0 saturated heterocycles. The topological polar surface area (TPSA) is 18.1 Å². The maximum Gasteiger partial charge on any atom is 0.140 e. The SMILES string of the molecule is Fc1cc(-n2c3ccccc3c3ccccc32)c2c(c1)oc1ccccc12. The maximum absolute atomic E-state index is 14.5. The number of para-hydroxylation sites is 3. The lowest BCUT2D eigenvalue weighted by atomic mass is 10.1. The van der Waals surface area contributed by atoms with E-state index in [0.717, 1.165) is 43.8 Å². The molecule has 0 amide bonds. The van der Waals surface area contributed by atoms with Gasteiger partial charge in [0.05, 0.1) is 22.1 Å². The standard InChI is InChI=1S/C24H14FNO/c25-15-13-21(24-18-9-3-6-12-22(18)27-23(24)14-15)26-19-10-4-1-7-16(19)17-8-2-5-11-20(17)26/h1-14H. The van der Waals surface area contributed by atoms with Crippen molar-refractivity contribution in [1.29, 1.82) is 0 Å². The van der Waals surface area contributed by atoms with Gasteiger partial charge in [-0.25, -0.2) is 4.39 Å². The summed E-state index contributed by atoms with van der Waals surface area (Å²) in [4.78, 5) is 0. The minimum Gasteiger partial charge on any atom is -0.456 e. The fraction of sp³-hybridized carbons (Fsp3) is 0. The molecule has 27 heavy (non-hydrogen) atoms. The van der Waals surface area contributed by atoms with Crippen LogP contribution in [-0.2, 0) is 0 Å². The van der Waals surface area contributed by atoms with Crippen LogP contribution in [0.2, 0.25) is 0 Å². The number of fused-ring (bicyclic) bond motifs is 6. The molecule has 6 rings (SSSR count). The molecule has 2 aromatic heterocycles. The summed E-state index contributed by atoms with van der Waals surface area (Å²) in [5.74, 6) is -0.307. The zero-order valence-electron chi connectivity index (χ0n) is 14.3. The molecule has 6 aromatic rings. The van der Waals surface area contributed by atoms with Crippen molar-refractivity contribution in [3.05, 3.63) is 90.7 Å². The van der Waals surface area contributed by atoms with Crippen LogP contribution in [0.5, 0.6) is 0 Å². The normalized spacial score (nSPS) is 11.9. The van der Waals surface area contributed by atoms with E-state index in [1.807, 2.05) is 48.5 Å². The average Bonchev–Trinajstić information content (AvgIpc) is 3.23. The predicted molar refractivity (Wildman–Crippen MR) is 108 cm³/mol. The molecule has 128 valence electrons. The van der Waals surface area contributed by atoms with Gasteiger partial charge in [0, 0.05) is 22.2 Å². The van der Waals surface area contributed by atoms with Crippen molar-refractivity contribution in [3.8, 4) is 5.69 Å². The van der Waals surface area contributed by atoms with Crippen LogP contribution in [0.25, 0.3) is 49.4 Å². The van der Waals surface area contributed by atoms with Crippen LogP contribution in [0, 0.1) is 5.82 Å². The average molecular weight is 351 g/mol. The monoisotopic (exact) mass is 351 g/mol. The lowest BCUT2D eigenvalue weighted by Crippen LogP contribution is -1.95. The Hall–Kier alpha value is -3.59. The molecule has 2 heterocycles. The quantitative estimate of drug-likeness (QED) is 0.318. The summed E-state index contributed by atoms with van der Waals surface area (Å²) in [5.41, 5.74) is 4.23. The number of rotatable bonds is 1. The fourth-order valence-electron chi connectivity index (χ4n) is 4.16. The van der Waals surface area contributed by atoms with E-state index in [1.54, 1.807) is 6.07 Å². The highest BCUT2D eigenvalue weighted by Crippen LogP contribution is 2.38. The number of hydrogen-bond donors (Lipinski definition) is 0. The van der Waals surface area contributed by atoms with Gasteiger partial charge in [-0.1, -0.05) is 54.6 Å². The van der Waals surface area contributed by atoms with Crippen LogP contribution in [0.15, 0.2) is 89.3 Å². The van der Waals surface area contributed by atoms with Crippen molar-refractivity contribution in [1.82, 2.24) is 4.57 Å². The molecule has 0 saturated carbocycles. The number of aromatic nitrogens is 1. The minimum absolute atomic E-state index is 0.307. The van der Waals surface area contributed by atoms with E-state index in [2.05, 4.69) is 28.8 Å². The first-order valence-corrected chi connectivity index (χ1v) is 8.90. The van der Waals surface area contributed by atoms with E-state index < -0.39 is 0 Å². The molecule has 0 atom stereocenters. The summed E-state index contributed by atoms with van der Waals surface area (Å²) >= 11 is 0. The van der Waals surface area contributed by atoms with Gasteiger partial charge in [-0.3, -0.25) is 0 Å². The van der Waals surface area contributed by atoms with Crippen molar-refractivity contribution in [3.63, 3.8) is 0 Å². The van der Waals surface area contributed by atoms with E-state index in [-0.39, 0.29) is 5.82 Å². The molecule has 4 aromatic carbocycles. The Labute approximate surface area is 154 Å². The number of benzene rings is 4. The van der Waals surface area contributed by atoms with Crippen molar-refractivity contribution in [2.45, 2.75) is 0 Å². The van der Waals surface area contributed by atoms with Crippen LogP contribution in [0.4, 0.5) is 4.39 Å². The van der Waals surface area contributed by atoms with Gasteiger partial charge in [-0.15, -0.1) is 0 Å².